The second kappa shape index (κ2) is 16.2. The Morgan fingerprint density at radius 2 is 1.37 bits per heavy atom. The number of fused-ring (bicyclic) bond motifs is 1. The van der Waals surface area contributed by atoms with Crippen molar-refractivity contribution in [3.8, 4) is 11.5 Å². The third kappa shape index (κ3) is 11.8. The molecule has 0 unspecified atom stereocenters. The van der Waals surface area contributed by atoms with E-state index in [1.165, 1.54) is 63.9 Å². The highest BCUT2D eigenvalue weighted by Crippen LogP contribution is 2.45. The van der Waals surface area contributed by atoms with E-state index >= 15 is 0 Å². The number of aliphatic carboxylic acids is 1. The molecule has 1 aliphatic heterocycles. The van der Waals surface area contributed by atoms with Gasteiger partial charge in [0.05, 0.1) is 0 Å². The maximum Gasteiger partial charge on any atom is 0.308 e. The van der Waals surface area contributed by atoms with Gasteiger partial charge in [0.1, 0.15) is 17.1 Å². The SMILES string of the molecule is CC(=O)Oc1c(C)c(C)c2c(c1C)CC[C@@](C)(CCC[C@H](C)CCC[C@H](C)CCCC(C)C)O2.CC(=O)[O-]. The maximum atomic E-state index is 11.6. The van der Waals surface area contributed by atoms with Crippen LogP contribution in [0.3, 0.4) is 0 Å². The van der Waals surface area contributed by atoms with Gasteiger partial charge in [-0.3, -0.25) is 4.79 Å². The Balaban J connectivity index is 0.00000168. The number of ether oxygens (including phenoxy) is 2. The van der Waals surface area contributed by atoms with Gasteiger partial charge in [-0.25, -0.2) is 0 Å². The van der Waals surface area contributed by atoms with Crippen LogP contribution >= 0.6 is 0 Å². The monoisotopic (exact) mass is 531 g/mol. The molecule has 0 radical (unpaired) electrons. The van der Waals surface area contributed by atoms with Crippen LogP contribution in [-0.4, -0.2) is 17.5 Å². The molecule has 0 bridgehead atoms. The first-order chi connectivity index (χ1) is 17.7. The number of hydrogen-bond donors (Lipinski definition) is 0. The fourth-order valence-corrected chi connectivity index (χ4v) is 5.56. The molecule has 0 aliphatic carbocycles. The number of rotatable bonds is 13. The van der Waals surface area contributed by atoms with Crippen LogP contribution in [0.2, 0.25) is 0 Å². The number of carboxylic acid groups (broad SMARTS) is 1. The summed E-state index contributed by atoms with van der Waals surface area (Å²) in [5, 5.41) is 8.89. The second-order valence-corrected chi connectivity index (χ2v) is 12.5. The first-order valence-electron chi connectivity index (χ1n) is 14.8. The van der Waals surface area contributed by atoms with Gasteiger partial charge in [-0.15, -0.1) is 0 Å². The molecule has 2 rings (SSSR count). The van der Waals surface area contributed by atoms with Crippen molar-refractivity contribution in [2.75, 3.05) is 0 Å². The van der Waals surface area contributed by atoms with Crippen molar-refractivity contribution in [3.05, 3.63) is 22.3 Å². The molecule has 1 aromatic rings. The van der Waals surface area contributed by atoms with E-state index in [4.69, 9.17) is 19.4 Å². The molecule has 0 spiro atoms. The molecular formula is C33H55O5-. The molecule has 0 N–H and O–H groups in total. The van der Waals surface area contributed by atoms with Gasteiger partial charge in [-0.05, 0) is 94.7 Å². The largest absolute Gasteiger partial charge is 0.550 e. The zero-order valence-corrected chi connectivity index (χ0v) is 26.1. The minimum absolute atomic E-state index is 0.107. The molecule has 1 aromatic carbocycles. The van der Waals surface area contributed by atoms with Gasteiger partial charge in [0.2, 0.25) is 0 Å². The summed E-state index contributed by atoms with van der Waals surface area (Å²) in [4.78, 5) is 20.5. The minimum atomic E-state index is -1.08. The fourth-order valence-electron chi connectivity index (χ4n) is 5.56. The predicted octanol–water partition coefficient (Wildman–Crippen LogP) is 7.82. The first kappa shape index (κ1) is 34.0. The standard InChI is InChI=1S/C31H52O3.C2H4O2/c1-21(2)13-10-14-22(3)15-11-16-23(4)17-12-19-31(9)20-18-28-26(7)29(33-27(8)32)24(5)25(6)30(28)34-31;1-2(3)4/h21-23H,10-20H2,1-9H3;1H3,(H,3,4)/p-1/t22-,23-,31-;/m1./s1. The fraction of sp³-hybridized carbons (Fsp3) is 0.758. The van der Waals surface area contributed by atoms with Crippen molar-refractivity contribution < 1.29 is 24.2 Å². The van der Waals surface area contributed by atoms with Gasteiger partial charge >= 0.3 is 5.97 Å². The van der Waals surface area contributed by atoms with Crippen molar-refractivity contribution in [2.45, 2.75) is 145 Å². The molecule has 38 heavy (non-hydrogen) atoms. The summed E-state index contributed by atoms with van der Waals surface area (Å²) in [6.45, 7) is 20.4. The predicted molar refractivity (Wildman–Crippen MR) is 155 cm³/mol. The summed E-state index contributed by atoms with van der Waals surface area (Å²) in [6, 6.07) is 0. The highest BCUT2D eigenvalue weighted by atomic mass is 16.5. The quantitative estimate of drug-likeness (QED) is 0.192. The maximum absolute atomic E-state index is 11.6. The van der Waals surface area contributed by atoms with Crippen molar-refractivity contribution >= 4 is 11.9 Å². The molecule has 218 valence electrons. The van der Waals surface area contributed by atoms with Crippen molar-refractivity contribution in [1.82, 2.24) is 0 Å². The Morgan fingerprint density at radius 1 is 0.868 bits per heavy atom. The van der Waals surface area contributed by atoms with Crippen LogP contribution in [0.25, 0.3) is 0 Å². The third-order valence-electron chi connectivity index (χ3n) is 8.08. The van der Waals surface area contributed by atoms with Gasteiger partial charge in [0.15, 0.2) is 0 Å². The highest BCUT2D eigenvalue weighted by molar-refractivity contribution is 5.72. The van der Waals surface area contributed by atoms with Crippen LogP contribution in [0.4, 0.5) is 0 Å². The second-order valence-electron chi connectivity index (χ2n) is 12.5. The normalized spacial score (nSPS) is 18.1. The minimum Gasteiger partial charge on any atom is -0.550 e. The summed E-state index contributed by atoms with van der Waals surface area (Å²) in [5.41, 5.74) is 4.29. The molecule has 0 fully saturated rings. The van der Waals surface area contributed by atoms with Gasteiger partial charge in [0, 0.05) is 18.5 Å². The lowest BCUT2D eigenvalue weighted by Gasteiger charge is -2.38. The van der Waals surface area contributed by atoms with E-state index in [2.05, 4.69) is 48.5 Å². The molecule has 0 amide bonds. The lowest BCUT2D eigenvalue weighted by atomic mass is 9.83. The van der Waals surface area contributed by atoms with Gasteiger partial charge in [0.25, 0.3) is 0 Å². The molecule has 1 heterocycles. The lowest BCUT2D eigenvalue weighted by molar-refractivity contribution is -0.302. The molecule has 0 aromatic heterocycles. The summed E-state index contributed by atoms with van der Waals surface area (Å²) < 4.78 is 12.2. The van der Waals surface area contributed by atoms with Crippen LogP contribution in [0.15, 0.2) is 0 Å². The number of carboxylic acids is 1. The van der Waals surface area contributed by atoms with Crippen LogP contribution in [0.5, 0.6) is 11.5 Å². The summed E-state index contributed by atoms with van der Waals surface area (Å²) in [7, 11) is 0. The highest BCUT2D eigenvalue weighted by Gasteiger charge is 2.34. The van der Waals surface area contributed by atoms with Crippen molar-refractivity contribution in [1.29, 1.82) is 0 Å². The van der Waals surface area contributed by atoms with Gasteiger partial charge in [-0.2, -0.15) is 0 Å². The van der Waals surface area contributed by atoms with E-state index in [1.54, 1.807) is 0 Å². The summed E-state index contributed by atoms with van der Waals surface area (Å²) >= 11 is 0. The average molecular weight is 532 g/mol. The first-order valence-corrected chi connectivity index (χ1v) is 14.8. The van der Waals surface area contributed by atoms with E-state index in [0.29, 0.717) is 0 Å². The Hall–Kier alpha value is -2.04. The van der Waals surface area contributed by atoms with E-state index in [-0.39, 0.29) is 11.6 Å². The Kier molecular flexibility index (Phi) is 14.4. The molecule has 5 nitrogen and oxygen atoms in total. The average Bonchev–Trinajstić information content (AvgIpc) is 2.79. The third-order valence-corrected chi connectivity index (χ3v) is 8.08. The van der Waals surface area contributed by atoms with Crippen molar-refractivity contribution in [2.24, 2.45) is 17.8 Å². The smallest absolute Gasteiger partial charge is 0.308 e. The number of benzene rings is 1. The lowest BCUT2D eigenvalue weighted by Crippen LogP contribution is -2.37. The zero-order valence-electron chi connectivity index (χ0n) is 26.1. The Labute approximate surface area is 233 Å². The molecule has 5 heteroatoms. The Morgan fingerprint density at radius 3 is 1.87 bits per heavy atom. The molecule has 0 saturated carbocycles. The van der Waals surface area contributed by atoms with Crippen LogP contribution in [0.1, 0.15) is 135 Å². The molecular weight excluding hydrogens is 476 g/mol. The van der Waals surface area contributed by atoms with Crippen molar-refractivity contribution in [3.63, 3.8) is 0 Å². The van der Waals surface area contributed by atoms with Crippen LogP contribution in [0, 0.1) is 38.5 Å². The molecule has 0 saturated heterocycles. The zero-order chi connectivity index (χ0) is 29.0. The summed E-state index contributed by atoms with van der Waals surface area (Å²) in [5.74, 6) is 2.91. The van der Waals surface area contributed by atoms with Gasteiger partial charge < -0.3 is 19.4 Å². The number of esters is 1. The summed E-state index contributed by atoms with van der Waals surface area (Å²) in [6.07, 6.45) is 13.9. The molecule has 1 aliphatic rings. The number of hydrogen-bond acceptors (Lipinski definition) is 5. The van der Waals surface area contributed by atoms with E-state index in [1.807, 2.05) is 6.92 Å². The van der Waals surface area contributed by atoms with E-state index in [0.717, 1.165) is 72.1 Å². The Bertz CT molecular complexity index is 899. The van der Waals surface area contributed by atoms with E-state index in [9.17, 15) is 4.79 Å². The number of carbonyl (C=O) groups excluding carboxylic acids is 2. The van der Waals surface area contributed by atoms with Gasteiger partial charge in [-0.1, -0.05) is 72.6 Å². The topological polar surface area (TPSA) is 75.7 Å². The molecule has 3 atom stereocenters. The van der Waals surface area contributed by atoms with Crippen LogP contribution in [-0.2, 0) is 16.0 Å². The van der Waals surface area contributed by atoms with Crippen LogP contribution < -0.4 is 14.6 Å². The van der Waals surface area contributed by atoms with E-state index < -0.39 is 5.97 Å². The number of carbonyl (C=O) groups is 2.